The van der Waals surface area contributed by atoms with E-state index < -0.39 is 40.9 Å². The van der Waals surface area contributed by atoms with Gasteiger partial charge in [0.1, 0.15) is 11.7 Å². The highest BCUT2D eigenvalue weighted by Gasteiger charge is 2.61. The highest BCUT2D eigenvalue weighted by Crippen LogP contribution is 2.59. The number of nitriles is 2. The Bertz CT molecular complexity index is 1440. The Morgan fingerprint density at radius 1 is 0.917 bits per heavy atom. The molecule has 3 aromatic carbocycles. The van der Waals surface area contributed by atoms with Gasteiger partial charge in [-0.1, -0.05) is 72.3 Å². The van der Waals surface area contributed by atoms with E-state index in [1.807, 2.05) is 37.3 Å². The van der Waals surface area contributed by atoms with E-state index in [9.17, 15) is 25.2 Å². The van der Waals surface area contributed by atoms with Crippen molar-refractivity contribution in [2.24, 2.45) is 11.3 Å². The molecule has 3 atom stereocenters. The maximum Gasteiger partial charge on any atom is 0.337 e. The number of carbonyl (C=O) groups excluding carboxylic acids is 2. The lowest BCUT2D eigenvalue weighted by Gasteiger charge is -2.44. The number of aliphatic hydroxyl groups excluding tert-OH is 1. The number of hydrogen-bond acceptors (Lipinski definition) is 7. The molecule has 0 saturated carbocycles. The van der Waals surface area contributed by atoms with Crippen molar-refractivity contribution in [1.82, 2.24) is 0 Å². The van der Waals surface area contributed by atoms with Crippen molar-refractivity contribution in [3.8, 4) is 12.1 Å². The van der Waals surface area contributed by atoms with Gasteiger partial charge in [-0.05, 0) is 28.8 Å². The summed E-state index contributed by atoms with van der Waals surface area (Å²) in [5, 5.41) is 34.4. The Kier molecular flexibility index (Phi) is 6.51. The summed E-state index contributed by atoms with van der Waals surface area (Å²) in [6.07, 6.45) is 0. The van der Waals surface area contributed by atoms with E-state index in [0.29, 0.717) is 16.5 Å². The summed E-state index contributed by atoms with van der Waals surface area (Å²) in [4.78, 5) is 26.2. The number of ether oxygens (including phenoxy) is 2. The number of esters is 2. The molecule has 36 heavy (non-hydrogen) atoms. The quantitative estimate of drug-likeness (QED) is 0.531. The second-order valence-corrected chi connectivity index (χ2v) is 8.77. The summed E-state index contributed by atoms with van der Waals surface area (Å²) in [5.41, 5.74) is -0.378. The molecule has 0 radical (unpaired) electrons. The van der Waals surface area contributed by atoms with Gasteiger partial charge in [0.15, 0.2) is 5.41 Å². The Labute approximate surface area is 208 Å². The molecule has 0 fully saturated rings. The second-order valence-electron chi connectivity index (χ2n) is 8.77. The van der Waals surface area contributed by atoms with Crippen LogP contribution in [0.1, 0.15) is 28.5 Å². The fourth-order valence-corrected chi connectivity index (χ4v) is 5.28. The molecular formula is C29H24N2O5. The normalized spacial score (nSPS) is 20.8. The van der Waals surface area contributed by atoms with Crippen LogP contribution >= 0.6 is 0 Å². The van der Waals surface area contributed by atoms with E-state index >= 15 is 0 Å². The van der Waals surface area contributed by atoms with Gasteiger partial charge in [-0.2, -0.15) is 10.5 Å². The van der Waals surface area contributed by atoms with Crippen LogP contribution in [0.25, 0.3) is 10.8 Å². The smallest absolute Gasteiger partial charge is 0.337 e. The van der Waals surface area contributed by atoms with Crippen LogP contribution < -0.4 is 0 Å². The zero-order chi connectivity index (χ0) is 26.0. The second kappa shape index (κ2) is 9.56. The largest absolute Gasteiger partial charge is 0.511 e. The predicted molar refractivity (Wildman–Crippen MR) is 131 cm³/mol. The van der Waals surface area contributed by atoms with Gasteiger partial charge in [0.2, 0.25) is 0 Å². The van der Waals surface area contributed by atoms with Crippen LogP contribution in [-0.4, -0.2) is 31.3 Å². The van der Waals surface area contributed by atoms with Crippen LogP contribution in [0.15, 0.2) is 78.1 Å². The maximum atomic E-state index is 13.2. The third-order valence-corrected chi connectivity index (χ3v) is 6.94. The van der Waals surface area contributed by atoms with Crippen LogP contribution in [0, 0.1) is 40.9 Å². The van der Waals surface area contributed by atoms with E-state index in [-0.39, 0.29) is 5.57 Å². The topological polar surface area (TPSA) is 120 Å². The first kappa shape index (κ1) is 24.5. The molecule has 0 bridgehead atoms. The van der Waals surface area contributed by atoms with Gasteiger partial charge in [-0.15, -0.1) is 0 Å². The lowest BCUT2D eigenvalue weighted by molar-refractivity contribution is -0.147. The molecule has 3 aromatic rings. The Balaban J connectivity index is 2.18. The van der Waals surface area contributed by atoms with Crippen LogP contribution in [-0.2, 0) is 19.1 Å². The Morgan fingerprint density at radius 2 is 1.56 bits per heavy atom. The molecule has 0 saturated heterocycles. The van der Waals surface area contributed by atoms with Crippen molar-refractivity contribution in [3.05, 3.63) is 94.8 Å². The highest BCUT2D eigenvalue weighted by molar-refractivity contribution is 5.96. The molecule has 4 rings (SSSR count). The summed E-state index contributed by atoms with van der Waals surface area (Å²) in [6.45, 7) is 1.88. The van der Waals surface area contributed by atoms with Crippen molar-refractivity contribution >= 4 is 22.7 Å². The monoisotopic (exact) mass is 480 g/mol. The number of hydrogen-bond donors (Lipinski definition) is 1. The van der Waals surface area contributed by atoms with Gasteiger partial charge >= 0.3 is 11.9 Å². The average Bonchev–Trinajstić information content (AvgIpc) is 2.92. The van der Waals surface area contributed by atoms with Gasteiger partial charge in [0, 0.05) is 5.92 Å². The molecule has 180 valence electrons. The van der Waals surface area contributed by atoms with Gasteiger partial charge in [-0.3, -0.25) is 4.79 Å². The van der Waals surface area contributed by atoms with Crippen molar-refractivity contribution < 1.29 is 24.2 Å². The van der Waals surface area contributed by atoms with Crippen molar-refractivity contribution in [2.45, 2.75) is 18.8 Å². The molecule has 0 aromatic heterocycles. The molecule has 0 amide bonds. The van der Waals surface area contributed by atoms with Crippen molar-refractivity contribution in [3.63, 3.8) is 0 Å². The van der Waals surface area contributed by atoms with Crippen molar-refractivity contribution in [1.29, 1.82) is 10.5 Å². The number of aryl methyl sites for hydroxylation is 1. The zero-order valence-corrected chi connectivity index (χ0v) is 20.1. The van der Waals surface area contributed by atoms with Crippen LogP contribution in [0.4, 0.5) is 0 Å². The third kappa shape index (κ3) is 3.66. The first-order valence-electron chi connectivity index (χ1n) is 11.3. The van der Waals surface area contributed by atoms with E-state index in [1.165, 1.54) is 0 Å². The van der Waals surface area contributed by atoms with Gasteiger partial charge in [0.05, 0.1) is 37.8 Å². The minimum absolute atomic E-state index is 0.310. The van der Waals surface area contributed by atoms with Crippen LogP contribution in [0.2, 0.25) is 0 Å². The molecule has 7 nitrogen and oxygen atoms in total. The summed E-state index contributed by atoms with van der Waals surface area (Å²) >= 11 is 0. The van der Waals surface area contributed by atoms with E-state index in [0.717, 1.165) is 25.2 Å². The summed E-state index contributed by atoms with van der Waals surface area (Å²) in [7, 11) is 2.29. The van der Waals surface area contributed by atoms with E-state index in [1.54, 1.807) is 36.4 Å². The number of rotatable bonds is 4. The van der Waals surface area contributed by atoms with E-state index in [4.69, 9.17) is 9.47 Å². The van der Waals surface area contributed by atoms with Crippen LogP contribution in [0.5, 0.6) is 0 Å². The lowest BCUT2D eigenvalue weighted by Crippen LogP contribution is -2.47. The standard InChI is InChI=1S/C29H24N2O5/c1-17-11-13-19(14-12-17)24-22(27(33)35-2)26(32)23(28(34)36-3)25(29(24,15-30)16-31)21-10-6-8-18-7-4-5-9-20(18)21/h4-14,22,24-25,32H,1-3H3/t22-,24-,25+/m1/s1. The number of benzene rings is 3. The van der Waals surface area contributed by atoms with Gasteiger partial charge in [0.25, 0.3) is 0 Å². The predicted octanol–water partition coefficient (Wildman–Crippen LogP) is 4.84. The first-order chi connectivity index (χ1) is 17.3. The minimum atomic E-state index is -1.98. The van der Waals surface area contributed by atoms with Gasteiger partial charge < -0.3 is 14.6 Å². The number of methoxy groups -OCH3 is 2. The molecule has 0 unspecified atom stereocenters. The van der Waals surface area contributed by atoms with Gasteiger partial charge in [-0.25, -0.2) is 4.79 Å². The summed E-state index contributed by atoms with van der Waals surface area (Å²) in [5.74, 6) is -6.21. The SMILES string of the molecule is COC(=O)C1=C(O)[C@H](C(=O)OC)[C@@H](c2ccc(C)cc2)C(C#N)(C#N)[C@H]1c1cccc2ccccc12. The number of fused-ring (bicyclic) bond motifs is 1. The molecule has 0 aliphatic heterocycles. The molecule has 1 aliphatic rings. The number of carbonyl (C=O) groups is 2. The molecule has 0 spiro atoms. The fourth-order valence-electron chi connectivity index (χ4n) is 5.28. The molecule has 0 heterocycles. The first-order valence-corrected chi connectivity index (χ1v) is 11.3. The number of nitrogens with zero attached hydrogens (tertiary/aromatic N) is 2. The maximum absolute atomic E-state index is 13.2. The van der Waals surface area contributed by atoms with Crippen LogP contribution in [0.3, 0.4) is 0 Å². The molecule has 1 N–H and O–H groups in total. The summed E-state index contributed by atoms with van der Waals surface area (Å²) in [6, 6.07) is 24.1. The number of aliphatic hydroxyl groups is 1. The van der Waals surface area contributed by atoms with E-state index in [2.05, 4.69) is 12.1 Å². The highest BCUT2D eigenvalue weighted by atomic mass is 16.5. The Hall–Kier alpha value is -4.62. The minimum Gasteiger partial charge on any atom is -0.511 e. The molecular weight excluding hydrogens is 456 g/mol. The lowest BCUT2D eigenvalue weighted by atomic mass is 9.53. The Morgan fingerprint density at radius 3 is 2.17 bits per heavy atom. The van der Waals surface area contributed by atoms with Crippen molar-refractivity contribution in [2.75, 3.05) is 14.2 Å². The molecule has 1 aliphatic carbocycles. The average molecular weight is 481 g/mol. The fraction of sp³-hybridized carbons (Fsp3) is 0.241. The summed E-state index contributed by atoms with van der Waals surface area (Å²) < 4.78 is 9.98. The molecule has 7 heteroatoms. The third-order valence-electron chi connectivity index (χ3n) is 6.94. The zero-order valence-electron chi connectivity index (χ0n) is 20.1.